The van der Waals surface area contributed by atoms with Crippen LogP contribution in [-0.2, 0) is 14.2 Å². The topological polar surface area (TPSA) is 85.8 Å². The van der Waals surface area contributed by atoms with Gasteiger partial charge in [0.2, 0.25) is 0 Å². The number of anilines is 1. The second kappa shape index (κ2) is 7.87. The van der Waals surface area contributed by atoms with Crippen LogP contribution >= 0.6 is 0 Å². The molecular weight excluding hydrogens is 312 g/mol. The maximum atomic E-state index is 12.6. The van der Waals surface area contributed by atoms with Crippen LogP contribution in [0.1, 0.15) is 29.8 Å². The molecule has 2 aliphatic rings. The van der Waals surface area contributed by atoms with Crippen molar-refractivity contribution in [1.82, 2.24) is 14.9 Å². The van der Waals surface area contributed by atoms with Gasteiger partial charge in [-0.25, -0.2) is 9.97 Å². The lowest BCUT2D eigenvalue weighted by molar-refractivity contribution is -0.181. The maximum absolute atomic E-state index is 12.6. The number of aromatic nitrogens is 2. The van der Waals surface area contributed by atoms with Crippen LogP contribution in [0.2, 0.25) is 0 Å². The summed E-state index contributed by atoms with van der Waals surface area (Å²) in [5.74, 6) is 0.0989. The molecule has 0 atom stereocenters. The van der Waals surface area contributed by atoms with E-state index in [-0.39, 0.29) is 5.91 Å². The molecule has 0 unspecified atom stereocenters. The van der Waals surface area contributed by atoms with E-state index >= 15 is 0 Å². The number of piperidine rings is 1. The summed E-state index contributed by atoms with van der Waals surface area (Å²) < 4.78 is 16.4. The van der Waals surface area contributed by atoms with Gasteiger partial charge in [-0.05, 0) is 6.42 Å². The number of methoxy groups -OCH3 is 1. The molecule has 1 aromatic rings. The Balaban J connectivity index is 1.55. The average Bonchev–Trinajstić information content (AvgIpc) is 3.07. The van der Waals surface area contributed by atoms with Crippen LogP contribution in [0, 0.1) is 0 Å². The minimum Gasteiger partial charge on any atom is -0.385 e. The Hall–Kier alpha value is -1.77. The van der Waals surface area contributed by atoms with Crippen molar-refractivity contribution in [2.24, 2.45) is 0 Å². The van der Waals surface area contributed by atoms with Crippen LogP contribution in [0.15, 0.2) is 12.4 Å². The zero-order chi connectivity index (χ0) is 16.8. The maximum Gasteiger partial charge on any atom is 0.272 e. The summed E-state index contributed by atoms with van der Waals surface area (Å²) in [7, 11) is 1.67. The van der Waals surface area contributed by atoms with E-state index in [9.17, 15) is 4.79 Å². The summed E-state index contributed by atoms with van der Waals surface area (Å²) in [5.41, 5.74) is 0.406. The Labute approximate surface area is 141 Å². The number of nitrogens with one attached hydrogen (secondary N) is 1. The quantitative estimate of drug-likeness (QED) is 0.773. The molecular formula is C16H24N4O4. The molecule has 1 N–H and O–H groups in total. The van der Waals surface area contributed by atoms with Crippen molar-refractivity contribution in [3.05, 3.63) is 18.1 Å². The summed E-state index contributed by atoms with van der Waals surface area (Å²) in [6.07, 6.45) is 3.69. The first kappa shape index (κ1) is 17.1. The average molecular weight is 336 g/mol. The molecule has 1 amide bonds. The Bertz CT molecular complexity index is 553. The van der Waals surface area contributed by atoms with Gasteiger partial charge in [0.15, 0.2) is 5.79 Å². The van der Waals surface area contributed by atoms with Gasteiger partial charge in [0.1, 0.15) is 17.8 Å². The number of likely N-dealkylation sites (tertiary alicyclic amines) is 1. The highest BCUT2D eigenvalue weighted by molar-refractivity contribution is 5.93. The number of nitrogens with zero attached hydrogens (tertiary/aromatic N) is 3. The van der Waals surface area contributed by atoms with Crippen LogP contribution in [-0.4, -0.2) is 73.1 Å². The molecule has 24 heavy (non-hydrogen) atoms. The van der Waals surface area contributed by atoms with E-state index in [1.165, 1.54) is 6.33 Å². The van der Waals surface area contributed by atoms with Gasteiger partial charge in [-0.15, -0.1) is 0 Å². The molecule has 8 nitrogen and oxygen atoms in total. The molecule has 0 saturated carbocycles. The molecule has 2 aliphatic heterocycles. The number of carbonyl (C=O) groups excluding carboxylic acids is 1. The second-order valence-corrected chi connectivity index (χ2v) is 5.96. The van der Waals surface area contributed by atoms with E-state index < -0.39 is 5.79 Å². The largest absolute Gasteiger partial charge is 0.385 e. The van der Waals surface area contributed by atoms with Gasteiger partial charge < -0.3 is 24.4 Å². The van der Waals surface area contributed by atoms with E-state index in [0.717, 1.165) is 13.0 Å². The Morgan fingerprint density at radius 3 is 2.79 bits per heavy atom. The van der Waals surface area contributed by atoms with E-state index in [1.54, 1.807) is 18.1 Å². The monoisotopic (exact) mass is 336 g/mol. The normalized spacial score (nSPS) is 19.6. The van der Waals surface area contributed by atoms with Crippen LogP contribution in [0.25, 0.3) is 0 Å². The molecule has 1 spiro atoms. The lowest BCUT2D eigenvalue weighted by Gasteiger charge is -2.37. The van der Waals surface area contributed by atoms with E-state index in [0.29, 0.717) is 57.3 Å². The molecule has 0 aliphatic carbocycles. The number of ether oxygens (including phenoxy) is 3. The molecule has 0 radical (unpaired) electrons. The summed E-state index contributed by atoms with van der Waals surface area (Å²) in [5, 5.41) is 3.18. The van der Waals surface area contributed by atoms with Gasteiger partial charge in [0.25, 0.3) is 5.91 Å². The first-order valence-corrected chi connectivity index (χ1v) is 8.34. The highest BCUT2D eigenvalue weighted by atomic mass is 16.7. The van der Waals surface area contributed by atoms with Gasteiger partial charge in [0, 0.05) is 52.3 Å². The first-order valence-electron chi connectivity index (χ1n) is 8.34. The van der Waals surface area contributed by atoms with Gasteiger partial charge in [-0.2, -0.15) is 0 Å². The zero-order valence-corrected chi connectivity index (χ0v) is 14.0. The molecule has 2 fully saturated rings. The van der Waals surface area contributed by atoms with Crippen molar-refractivity contribution in [3.63, 3.8) is 0 Å². The molecule has 2 saturated heterocycles. The van der Waals surface area contributed by atoms with E-state index in [4.69, 9.17) is 14.2 Å². The lowest BCUT2D eigenvalue weighted by atomic mass is 10.0. The van der Waals surface area contributed by atoms with Crippen molar-refractivity contribution in [3.8, 4) is 0 Å². The summed E-state index contributed by atoms with van der Waals surface area (Å²) >= 11 is 0. The highest BCUT2D eigenvalue weighted by Crippen LogP contribution is 2.31. The van der Waals surface area contributed by atoms with E-state index in [2.05, 4.69) is 15.3 Å². The van der Waals surface area contributed by atoms with Crippen molar-refractivity contribution in [2.75, 3.05) is 51.9 Å². The molecule has 8 heteroatoms. The Morgan fingerprint density at radius 2 is 2.08 bits per heavy atom. The summed E-state index contributed by atoms with van der Waals surface area (Å²) in [6.45, 7) is 3.91. The van der Waals surface area contributed by atoms with Gasteiger partial charge in [-0.1, -0.05) is 0 Å². The fraction of sp³-hybridized carbons (Fsp3) is 0.688. The Kier molecular flexibility index (Phi) is 5.60. The third kappa shape index (κ3) is 4.00. The first-order chi connectivity index (χ1) is 11.7. The van der Waals surface area contributed by atoms with Crippen LogP contribution < -0.4 is 5.32 Å². The third-order valence-electron chi connectivity index (χ3n) is 4.34. The van der Waals surface area contributed by atoms with Crippen LogP contribution in [0.3, 0.4) is 0 Å². The third-order valence-corrected chi connectivity index (χ3v) is 4.34. The van der Waals surface area contributed by atoms with Gasteiger partial charge in [0.05, 0.1) is 13.2 Å². The summed E-state index contributed by atoms with van der Waals surface area (Å²) in [6, 6.07) is 1.70. The minimum atomic E-state index is -0.476. The van der Waals surface area contributed by atoms with Crippen molar-refractivity contribution in [2.45, 2.75) is 25.0 Å². The molecule has 3 rings (SSSR count). The van der Waals surface area contributed by atoms with Crippen molar-refractivity contribution < 1.29 is 19.0 Å². The van der Waals surface area contributed by atoms with Crippen LogP contribution in [0.4, 0.5) is 5.82 Å². The Morgan fingerprint density at radius 1 is 1.33 bits per heavy atom. The number of rotatable bonds is 6. The SMILES string of the molecule is COCCCNc1cc(C(=O)N2CCC3(CC2)OCCO3)ncn1. The molecule has 132 valence electrons. The molecule has 0 bridgehead atoms. The standard InChI is InChI=1S/C16H24N4O4/c1-22-8-2-5-17-14-11-13(18-12-19-14)15(21)20-6-3-16(4-7-20)23-9-10-24-16/h11-12H,2-10H2,1H3,(H,17,18,19). The van der Waals surface area contributed by atoms with Crippen LogP contribution in [0.5, 0.6) is 0 Å². The molecule has 0 aromatic carbocycles. The predicted molar refractivity (Wildman–Crippen MR) is 86.8 cm³/mol. The molecule has 1 aromatic heterocycles. The lowest BCUT2D eigenvalue weighted by Crippen LogP contribution is -2.47. The fourth-order valence-electron chi connectivity index (χ4n) is 3.00. The predicted octanol–water partition coefficient (Wildman–Crippen LogP) is 0.904. The minimum absolute atomic E-state index is 0.0785. The number of hydrogen-bond acceptors (Lipinski definition) is 7. The zero-order valence-electron chi connectivity index (χ0n) is 14.0. The van der Waals surface area contributed by atoms with Crippen molar-refractivity contribution >= 4 is 11.7 Å². The number of amides is 1. The van der Waals surface area contributed by atoms with Crippen molar-refractivity contribution in [1.29, 1.82) is 0 Å². The number of hydrogen-bond donors (Lipinski definition) is 1. The molecule has 3 heterocycles. The smallest absolute Gasteiger partial charge is 0.272 e. The highest BCUT2D eigenvalue weighted by Gasteiger charge is 2.41. The second-order valence-electron chi connectivity index (χ2n) is 5.96. The van der Waals surface area contributed by atoms with Gasteiger partial charge in [-0.3, -0.25) is 4.79 Å². The van der Waals surface area contributed by atoms with E-state index in [1.807, 2.05) is 0 Å². The van der Waals surface area contributed by atoms with Gasteiger partial charge >= 0.3 is 0 Å². The fourth-order valence-corrected chi connectivity index (χ4v) is 3.00. The summed E-state index contributed by atoms with van der Waals surface area (Å²) in [4.78, 5) is 22.7. The number of carbonyl (C=O) groups is 1.